The highest BCUT2D eigenvalue weighted by Crippen LogP contribution is 2.40. The van der Waals surface area contributed by atoms with Gasteiger partial charge in [-0.3, -0.25) is 0 Å². The van der Waals surface area contributed by atoms with E-state index in [0.29, 0.717) is 36.8 Å². The molecule has 2 aliphatic rings. The molecule has 6 heteroatoms. The molecule has 2 aromatic rings. The van der Waals surface area contributed by atoms with Gasteiger partial charge in [-0.1, -0.05) is 50.8 Å². The van der Waals surface area contributed by atoms with E-state index in [0.717, 1.165) is 31.6 Å². The van der Waals surface area contributed by atoms with Crippen LogP contribution >= 0.6 is 0 Å². The van der Waals surface area contributed by atoms with Crippen molar-refractivity contribution < 1.29 is 27.0 Å². The third kappa shape index (κ3) is 6.68. The number of hydrogen-bond donors (Lipinski definition) is 0. The molecule has 0 spiro atoms. The molecule has 204 valence electrons. The van der Waals surface area contributed by atoms with Crippen LogP contribution in [-0.4, -0.2) is 13.2 Å². The van der Waals surface area contributed by atoms with Crippen molar-refractivity contribution in [3.63, 3.8) is 0 Å². The van der Waals surface area contributed by atoms with E-state index < -0.39 is 23.3 Å². The molecule has 0 amide bonds. The molecule has 2 aromatic carbocycles. The Kier molecular flexibility index (Phi) is 9.91. The highest BCUT2D eigenvalue weighted by molar-refractivity contribution is 5.33. The lowest BCUT2D eigenvalue weighted by Gasteiger charge is -2.30. The van der Waals surface area contributed by atoms with Crippen LogP contribution in [0.25, 0.3) is 0 Å². The Morgan fingerprint density at radius 3 is 1.92 bits per heavy atom. The number of rotatable bonds is 10. The van der Waals surface area contributed by atoms with Gasteiger partial charge in [-0.25, -0.2) is 13.2 Å². The van der Waals surface area contributed by atoms with Gasteiger partial charge in [0.2, 0.25) is 5.82 Å². The van der Waals surface area contributed by atoms with Crippen molar-refractivity contribution in [1.29, 1.82) is 0 Å². The van der Waals surface area contributed by atoms with Gasteiger partial charge in [0, 0.05) is 5.56 Å². The molecule has 4 rings (SSSR count). The van der Waals surface area contributed by atoms with Crippen molar-refractivity contribution in [3.8, 4) is 5.75 Å². The Labute approximate surface area is 218 Å². The van der Waals surface area contributed by atoms with Crippen LogP contribution < -0.4 is 4.74 Å². The molecule has 0 heterocycles. The molecule has 2 fully saturated rings. The summed E-state index contributed by atoms with van der Waals surface area (Å²) in [5, 5.41) is 0. The van der Waals surface area contributed by atoms with E-state index in [-0.39, 0.29) is 35.9 Å². The molecule has 0 aromatic heterocycles. The van der Waals surface area contributed by atoms with Crippen molar-refractivity contribution in [2.24, 2.45) is 5.92 Å². The first kappa shape index (κ1) is 27.9. The summed E-state index contributed by atoms with van der Waals surface area (Å²) in [6.45, 7) is 2.22. The molecule has 2 aliphatic carbocycles. The summed E-state index contributed by atoms with van der Waals surface area (Å²) in [7, 11) is 1.31. The highest BCUT2D eigenvalue weighted by Gasteiger charge is 2.29. The predicted octanol–water partition coefficient (Wildman–Crippen LogP) is 9.35. The van der Waals surface area contributed by atoms with Gasteiger partial charge in [-0.05, 0) is 86.3 Å². The summed E-state index contributed by atoms with van der Waals surface area (Å²) in [4.78, 5) is 0. The maximum atomic E-state index is 15.0. The first-order valence-electron chi connectivity index (χ1n) is 14.0. The average molecular weight is 521 g/mol. The van der Waals surface area contributed by atoms with Crippen LogP contribution in [0.2, 0.25) is 0 Å². The quantitative estimate of drug-likeness (QED) is 0.229. The number of halogens is 4. The summed E-state index contributed by atoms with van der Waals surface area (Å²) in [6.07, 6.45) is 11.5. The molecular weight excluding hydrogens is 480 g/mol. The van der Waals surface area contributed by atoms with Crippen molar-refractivity contribution in [2.75, 3.05) is 7.11 Å². The van der Waals surface area contributed by atoms with Gasteiger partial charge < -0.3 is 9.47 Å². The van der Waals surface area contributed by atoms with E-state index in [1.165, 1.54) is 38.9 Å². The standard InChI is InChI=1S/C31H40F4O2/c1-3-4-5-6-20-7-9-21(10-8-20)25-16-13-23(28(32)29(25)33)19-37-24-14-11-22(12-15-24)26-17-18-27(36-2)31(35)30(26)34/h13,16-18,20-22,24H,3-12,14-15,19H2,1-2H3. The van der Waals surface area contributed by atoms with E-state index in [1.807, 2.05) is 0 Å². The molecule has 0 aliphatic heterocycles. The molecule has 0 radical (unpaired) electrons. The fraction of sp³-hybridized carbons (Fsp3) is 0.613. The van der Waals surface area contributed by atoms with Gasteiger partial charge in [0.05, 0.1) is 19.8 Å². The van der Waals surface area contributed by atoms with Crippen molar-refractivity contribution in [3.05, 3.63) is 64.2 Å². The molecule has 0 N–H and O–H groups in total. The Bertz CT molecular complexity index is 1020. The minimum atomic E-state index is -0.959. The Hall–Kier alpha value is -2.08. The van der Waals surface area contributed by atoms with Crippen LogP contribution in [0.3, 0.4) is 0 Å². The summed E-state index contributed by atoms with van der Waals surface area (Å²) in [5.74, 6) is -2.73. The second-order valence-corrected chi connectivity index (χ2v) is 10.9. The lowest BCUT2D eigenvalue weighted by Crippen LogP contribution is -2.22. The van der Waals surface area contributed by atoms with E-state index >= 15 is 4.39 Å². The topological polar surface area (TPSA) is 18.5 Å². The number of ether oxygens (including phenoxy) is 2. The fourth-order valence-corrected chi connectivity index (χ4v) is 6.24. The molecule has 0 bridgehead atoms. The predicted molar refractivity (Wildman–Crippen MR) is 138 cm³/mol. The Balaban J connectivity index is 1.27. The third-order valence-electron chi connectivity index (χ3n) is 8.58. The largest absolute Gasteiger partial charge is 0.494 e. The number of benzene rings is 2. The summed E-state index contributed by atoms with van der Waals surface area (Å²) in [6, 6.07) is 6.46. The second-order valence-electron chi connectivity index (χ2n) is 10.9. The van der Waals surface area contributed by atoms with Crippen LogP contribution in [-0.2, 0) is 11.3 Å². The van der Waals surface area contributed by atoms with Gasteiger partial charge in [0.1, 0.15) is 0 Å². The normalized spacial score (nSPS) is 24.3. The Morgan fingerprint density at radius 2 is 1.30 bits per heavy atom. The SMILES string of the molecule is CCCCCC1CCC(c2ccc(COC3CCC(c4ccc(OC)c(F)c4F)CC3)c(F)c2F)CC1. The highest BCUT2D eigenvalue weighted by atomic mass is 19.2. The maximum absolute atomic E-state index is 15.0. The molecule has 37 heavy (non-hydrogen) atoms. The van der Waals surface area contributed by atoms with Crippen LogP contribution in [0, 0.1) is 29.2 Å². The first-order valence-corrected chi connectivity index (χ1v) is 14.0. The summed E-state index contributed by atoms with van der Waals surface area (Å²) < 4.78 is 69.3. The summed E-state index contributed by atoms with van der Waals surface area (Å²) in [5.41, 5.74) is 1.10. The lowest BCUT2D eigenvalue weighted by molar-refractivity contribution is 0.0116. The van der Waals surface area contributed by atoms with E-state index in [2.05, 4.69) is 6.92 Å². The van der Waals surface area contributed by atoms with Gasteiger partial charge in [0.25, 0.3) is 0 Å². The zero-order chi connectivity index (χ0) is 26.4. The molecule has 0 atom stereocenters. The van der Waals surface area contributed by atoms with Crippen molar-refractivity contribution in [1.82, 2.24) is 0 Å². The molecule has 0 saturated heterocycles. The van der Waals surface area contributed by atoms with Crippen LogP contribution in [0.5, 0.6) is 5.75 Å². The maximum Gasteiger partial charge on any atom is 0.200 e. The number of methoxy groups -OCH3 is 1. The van der Waals surface area contributed by atoms with Gasteiger partial charge in [-0.15, -0.1) is 0 Å². The second kappa shape index (κ2) is 13.1. The minimum Gasteiger partial charge on any atom is -0.494 e. The molecular formula is C31H40F4O2. The molecule has 0 unspecified atom stereocenters. The average Bonchev–Trinajstić information content (AvgIpc) is 2.92. The van der Waals surface area contributed by atoms with Crippen molar-refractivity contribution in [2.45, 2.75) is 109 Å². The van der Waals surface area contributed by atoms with Crippen molar-refractivity contribution >= 4 is 0 Å². The van der Waals surface area contributed by atoms with E-state index in [9.17, 15) is 13.2 Å². The minimum absolute atomic E-state index is 0.00800. The van der Waals surface area contributed by atoms with Crippen LogP contribution in [0.4, 0.5) is 17.6 Å². The van der Waals surface area contributed by atoms with E-state index in [1.54, 1.807) is 18.2 Å². The van der Waals surface area contributed by atoms with Gasteiger partial charge >= 0.3 is 0 Å². The van der Waals surface area contributed by atoms with Gasteiger partial charge in [0.15, 0.2) is 23.2 Å². The number of unbranched alkanes of at least 4 members (excludes halogenated alkanes) is 2. The number of hydrogen-bond acceptors (Lipinski definition) is 2. The van der Waals surface area contributed by atoms with Crippen LogP contribution in [0.15, 0.2) is 24.3 Å². The zero-order valence-electron chi connectivity index (χ0n) is 22.1. The summed E-state index contributed by atoms with van der Waals surface area (Å²) >= 11 is 0. The third-order valence-corrected chi connectivity index (χ3v) is 8.58. The Morgan fingerprint density at radius 1 is 0.703 bits per heavy atom. The fourth-order valence-electron chi connectivity index (χ4n) is 6.24. The van der Waals surface area contributed by atoms with Crippen LogP contribution in [0.1, 0.15) is 112 Å². The van der Waals surface area contributed by atoms with E-state index in [4.69, 9.17) is 9.47 Å². The molecule has 2 nitrogen and oxygen atoms in total. The first-order chi connectivity index (χ1) is 17.9. The monoisotopic (exact) mass is 520 g/mol. The molecule has 2 saturated carbocycles. The van der Waals surface area contributed by atoms with Gasteiger partial charge in [-0.2, -0.15) is 4.39 Å². The smallest absolute Gasteiger partial charge is 0.200 e. The lowest BCUT2D eigenvalue weighted by atomic mass is 9.76. The zero-order valence-corrected chi connectivity index (χ0v) is 22.1.